The van der Waals surface area contributed by atoms with Crippen molar-refractivity contribution in [2.45, 2.75) is 19.4 Å². The Balaban J connectivity index is 1.97. The highest BCUT2D eigenvalue weighted by Gasteiger charge is 2.20. The van der Waals surface area contributed by atoms with Gasteiger partial charge < -0.3 is 15.4 Å². The van der Waals surface area contributed by atoms with E-state index >= 15 is 0 Å². The maximum atomic E-state index is 11.8. The van der Waals surface area contributed by atoms with Crippen LogP contribution in [0.1, 0.15) is 28.2 Å². The van der Waals surface area contributed by atoms with E-state index in [4.69, 9.17) is 5.11 Å². The first-order valence-corrected chi connectivity index (χ1v) is 6.35. The second-order valence-corrected chi connectivity index (χ2v) is 4.63. The largest absolute Gasteiger partial charge is 0.392 e. The van der Waals surface area contributed by atoms with E-state index in [1.165, 1.54) is 0 Å². The molecule has 2 heterocycles. The van der Waals surface area contributed by atoms with Gasteiger partial charge in [0.2, 0.25) is 0 Å². The quantitative estimate of drug-likeness (QED) is 0.757. The monoisotopic (exact) mass is 257 g/mol. The van der Waals surface area contributed by atoms with Gasteiger partial charge in [0.1, 0.15) is 11.5 Å². The number of benzene rings is 1. The van der Waals surface area contributed by atoms with Crippen LogP contribution in [0.25, 0.3) is 11.4 Å². The minimum atomic E-state index is -0.109. The van der Waals surface area contributed by atoms with Gasteiger partial charge in [0.15, 0.2) is 0 Å². The zero-order chi connectivity index (χ0) is 13.2. The van der Waals surface area contributed by atoms with Gasteiger partial charge in [0.25, 0.3) is 5.91 Å². The van der Waals surface area contributed by atoms with Gasteiger partial charge >= 0.3 is 0 Å². The van der Waals surface area contributed by atoms with Gasteiger partial charge in [-0.1, -0.05) is 24.3 Å². The van der Waals surface area contributed by atoms with Crippen molar-refractivity contribution >= 4 is 5.91 Å². The van der Waals surface area contributed by atoms with E-state index in [1.807, 2.05) is 24.3 Å². The normalized spacial score (nSPS) is 14.7. The van der Waals surface area contributed by atoms with Crippen molar-refractivity contribution in [1.82, 2.24) is 15.3 Å². The summed E-state index contributed by atoms with van der Waals surface area (Å²) in [5, 5.41) is 11.9. The van der Waals surface area contributed by atoms with Crippen LogP contribution < -0.4 is 5.32 Å². The van der Waals surface area contributed by atoms with Gasteiger partial charge in [-0.15, -0.1) is 0 Å². The second-order valence-electron chi connectivity index (χ2n) is 4.63. The van der Waals surface area contributed by atoms with Crippen LogP contribution in [0.3, 0.4) is 0 Å². The van der Waals surface area contributed by atoms with E-state index in [9.17, 15) is 4.79 Å². The number of aromatic nitrogens is 2. The maximum Gasteiger partial charge on any atom is 0.271 e. The molecule has 98 valence electrons. The van der Waals surface area contributed by atoms with Gasteiger partial charge in [-0.25, -0.2) is 4.98 Å². The van der Waals surface area contributed by atoms with Crippen molar-refractivity contribution in [2.75, 3.05) is 6.54 Å². The van der Waals surface area contributed by atoms with Gasteiger partial charge in [-0.05, 0) is 18.4 Å². The van der Waals surface area contributed by atoms with Crippen LogP contribution in [-0.2, 0) is 13.0 Å². The number of rotatable bonds is 2. The van der Waals surface area contributed by atoms with E-state index in [2.05, 4.69) is 15.3 Å². The van der Waals surface area contributed by atoms with Crippen LogP contribution in [0.15, 0.2) is 24.3 Å². The first-order chi connectivity index (χ1) is 9.28. The van der Waals surface area contributed by atoms with E-state index in [1.54, 1.807) is 0 Å². The fraction of sp³-hybridized carbons (Fsp3) is 0.286. The summed E-state index contributed by atoms with van der Waals surface area (Å²) in [6.07, 6.45) is 1.75. The maximum absolute atomic E-state index is 11.8. The van der Waals surface area contributed by atoms with Crippen LogP contribution in [-0.4, -0.2) is 27.5 Å². The van der Waals surface area contributed by atoms with Gasteiger partial charge in [-0.2, -0.15) is 0 Å². The Bertz CT molecular complexity index is 602. The lowest BCUT2D eigenvalue weighted by Gasteiger charge is -2.00. The first-order valence-electron chi connectivity index (χ1n) is 6.35. The smallest absolute Gasteiger partial charge is 0.271 e. The summed E-state index contributed by atoms with van der Waals surface area (Å²) in [6.45, 7) is 0.723. The van der Waals surface area contributed by atoms with Crippen molar-refractivity contribution in [3.05, 3.63) is 41.2 Å². The summed E-state index contributed by atoms with van der Waals surface area (Å²) in [5.74, 6) is 0.591. The third kappa shape index (κ3) is 2.24. The molecule has 19 heavy (non-hydrogen) atoms. The topological polar surface area (TPSA) is 78.0 Å². The molecule has 0 atom stereocenters. The number of nitrogens with zero attached hydrogens (tertiary/aromatic N) is 1. The molecule has 0 bridgehead atoms. The molecule has 0 aliphatic carbocycles. The summed E-state index contributed by atoms with van der Waals surface area (Å²) in [5.41, 5.74) is 3.17. The highest BCUT2D eigenvalue weighted by Crippen LogP contribution is 2.21. The number of amides is 1. The molecular formula is C14H15N3O2. The third-order valence-electron chi connectivity index (χ3n) is 3.29. The van der Waals surface area contributed by atoms with Gasteiger partial charge in [0.05, 0.1) is 6.61 Å². The third-order valence-corrected chi connectivity index (χ3v) is 3.29. The fourth-order valence-corrected chi connectivity index (χ4v) is 2.23. The van der Waals surface area contributed by atoms with Crippen LogP contribution in [0.2, 0.25) is 0 Å². The molecule has 0 unspecified atom stereocenters. The summed E-state index contributed by atoms with van der Waals surface area (Å²) in [7, 11) is 0. The zero-order valence-corrected chi connectivity index (χ0v) is 10.4. The van der Waals surface area contributed by atoms with Crippen molar-refractivity contribution in [3.8, 4) is 11.4 Å². The molecule has 0 fully saturated rings. The van der Waals surface area contributed by atoms with E-state index in [0.717, 1.165) is 29.7 Å². The van der Waals surface area contributed by atoms with Crippen molar-refractivity contribution < 1.29 is 9.90 Å². The van der Waals surface area contributed by atoms with Crippen LogP contribution >= 0.6 is 0 Å². The molecule has 5 heteroatoms. The molecule has 5 nitrogen and oxygen atoms in total. The average Bonchev–Trinajstić information content (AvgIpc) is 2.80. The Kier molecular flexibility index (Phi) is 3.05. The Hall–Kier alpha value is -2.14. The number of carbonyl (C=O) groups is 1. The molecule has 1 amide bonds. The van der Waals surface area contributed by atoms with Crippen molar-refractivity contribution in [3.63, 3.8) is 0 Å². The van der Waals surface area contributed by atoms with Crippen molar-refractivity contribution in [2.24, 2.45) is 0 Å². The highest BCUT2D eigenvalue weighted by molar-refractivity contribution is 5.94. The number of hydrogen-bond acceptors (Lipinski definition) is 3. The number of aliphatic hydroxyl groups is 1. The molecule has 0 saturated heterocycles. The Morgan fingerprint density at radius 1 is 1.26 bits per heavy atom. The van der Waals surface area contributed by atoms with Crippen molar-refractivity contribution in [1.29, 1.82) is 0 Å². The lowest BCUT2D eigenvalue weighted by molar-refractivity contribution is 0.0951. The summed E-state index contributed by atoms with van der Waals surface area (Å²) in [6, 6.07) is 7.48. The SMILES string of the molecule is O=C1NCCCc2[nH]c(-c3ccc(CO)cc3)nc21. The number of fused-ring (bicyclic) bond motifs is 1. The number of imidazole rings is 1. The molecule has 1 aromatic heterocycles. The fourth-order valence-electron chi connectivity index (χ4n) is 2.23. The predicted molar refractivity (Wildman–Crippen MR) is 70.6 cm³/mol. The molecular weight excluding hydrogens is 242 g/mol. The molecule has 1 aromatic carbocycles. The zero-order valence-electron chi connectivity index (χ0n) is 10.4. The minimum absolute atomic E-state index is 0.0251. The molecule has 0 radical (unpaired) electrons. The number of carbonyl (C=O) groups excluding carboxylic acids is 1. The van der Waals surface area contributed by atoms with Crippen LogP contribution in [0.4, 0.5) is 0 Å². The highest BCUT2D eigenvalue weighted by atomic mass is 16.3. The van der Waals surface area contributed by atoms with E-state index in [-0.39, 0.29) is 12.5 Å². The van der Waals surface area contributed by atoms with E-state index in [0.29, 0.717) is 18.1 Å². The molecule has 3 N–H and O–H groups in total. The molecule has 2 aromatic rings. The number of aliphatic hydroxyl groups excluding tert-OH is 1. The molecule has 1 aliphatic heterocycles. The molecule has 0 spiro atoms. The molecule has 1 aliphatic rings. The number of hydrogen-bond donors (Lipinski definition) is 3. The Morgan fingerprint density at radius 2 is 2.05 bits per heavy atom. The number of nitrogens with one attached hydrogen (secondary N) is 2. The number of H-pyrrole nitrogens is 1. The number of aryl methyl sites for hydroxylation is 1. The average molecular weight is 257 g/mol. The Labute approximate surface area is 110 Å². The van der Waals surface area contributed by atoms with Gasteiger partial charge in [-0.3, -0.25) is 4.79 Å². The predicted octanol–water partition coefficient (Wildman–Crippen LogP) is 1.24. The lowest BCUT2D eigenvalue weighted by atomic mass is 10.1. The van der Waals surface area contributed by atoms with Crippen LogP contribution in [0, 0.1) is 0 Å². The molecule has 3 rings (SSSR count). The summed E-state index contributed by atoms with van der Waals surface area (Å²) in [4.78, 5) is 19.4. The standard InChI is InChI=1S/C14H15N3O2/c18-8-9-3-5-10(6-4-9)13-16-11-2-1-7-15-14(19)12(11)17-13/h3-6,18H,1-2,7-8H2,(H,15,19)(H,16,17). The Morgan fingerprint density at radius 3 is 2.79 bits per heavy atom. The van der Waals surface area contributed by atoms with E-state index < -0.39 is 0 Å². The summed E-state index contributed by atoms with van der Waals surface area (Å²) >= 11 is 0. The molecule has 0 saturated carbocycles. The van der Waals surface area contributed by atoms with Gasteiger partial charge in [0, 0.05) is 17.8 Å². The summed E-state index contributed by atoms with van der Waals surface area (Å²) < 4.78 is 0. The minimum Gasteiger partial charge on any atom is -0.392 e. The number of aromatic amines is 1. The second kappa shape index (κ2) is 4.85. The van der Waals surface area contributed by atoms with Crippen LogP contribution in [0.5, 0.6) is 0 Å². The lowest BCUT2D eigenvalue weighted by Crippen LogP contribution is -2.23. The first kappa shape index (κ1) is 11.9.